The number of morpholine rings is 1. The molecule has 8 nitrogen and oxygen atoms in total. The number of nitrogens with one attached hydrogen (secondary N) is 1. The Bertz CT molecular complexity index is 902. The highest BCUT2D eigenvalue weighted by molar-refractivity contribution is 6.28. The van der Waals surface area contributed by atoms with E-state index in [1.165, 1.54) is 0 Å². The number of aliphatic hydroxyl groups excluding tert-OH is 1. The predicted octanol–water partition coefficient (Wildman–Crippen LogP) is 2.57. The van der Waals surface area contributed by atoms with Crippen LogP contribution in [0.4, 0.5) is 11.5 Å². The number of likely N-dealkylation sites (N-methyl/N-ethyl adjacent to an activating group) is 1. The van der Waals surface area contributed by atoms with Crippen LogP contribution in [-0.2, 0) is 28.9 Å². The number of nitrogens with zero attached hydrogens (tertiary/aromatic N) is 4. The normalized spacial score (nSPS) is 16.5. The lowest BCUT2D eigenvalue weighted by molar-refractivity contribution is -0.107. The fourth-order valence-corrected chi connectivity index (χ4v) is 3.98. The molecule has 0 unspecified atom stereocenters. The van der Waals surface area contributed by atoms with E-state index in [0.29, 0.717) is 32.5 Å². The number of β-amino-alcohol motifs (C(OH)–C–C–N with tert-alkyl or cyclic N) is 1. The van der Waals surface area contributed by atoms with Crippen LogP contribution in [0.3, 0.4) is 0 Å². The number of carbonyl (C=O) groups is 1. The van der Waals surface area contributed by atoms with E-state index >= 15 is 0 Å². The van der Waals surface area contributed by atoms with Gasteiger partial charge >= 0.3 is 0 Å². The van der Waals surface area contributed by atoms with Crippen LogP contribution in [0.1, 0.15) is 30.2 Å². The number of aldehydes is 1. The molecule has 9 heteroatoms. The Kier molecular flexibility index (Phi) is 9.87. The van der Waals surface area contributed by atoms with E-state index in [1.54, 1.807) is 0 Å². The minimum atomic E-state index is -0.225. The monoisotopic (exact) mass is 475 g/mol. The molecule has 0 bridgehead atoms. The van der Waals surface area contributed by atoms with Crippen LogP contribution in [0.2, 0.25) is 5.28 Å². The van der Waals surface area contributed by atoms with Crippen molar-refractivity contribution in [3.8, 4) is 0 Å². The van der Waals surface area contributed by atoms with Crippen molar-refractivity contribution in [1.82, 2.24) is 14.9 Å². The average molecular weight is 476 g/mol. The van der Waals surface area contributed by atoms with Crippen molar-refractivity contribution in [1.29, 1.82) is 0 Å². The molecule has 4 rings (SSSR count). The van der Waals surface area contributed by atoms with Crippen LogP contribution in [0, 0.1) is 0 Å². The zero-order valence-corrected chi connectivity index (χ0v) is 20.2. The van der Waals surface area contributed by atoms with E-state index in [9.17, 15) is 9.90 Å². The zero-order valence-electron chi connectivity index (χ0n) is 19.5. The number of aryl methyl sites for hydroxylation is 1. The average Bonchev–Trinajstić information content (AvgIpc) is 2.80. The molecule has 1 aromatic carbocycles. The van der Waals surface area contributed by atoms with Crippen molar-refractivity contribution < 1.29 is 14.6 Å². The van der Waals surface area contributed by atoms with Crippen LogP contribution >= 0.6 is 11.6 Å². The van der Waals surface area contributed by atoms with Gasteiger partial charge in [-0.05, 0) is 49.2 Å². The van der Waals surface area contributed by atoms with E-state index in [2.05, 4.69) is 44.3 Å². The molecule has 2 fully saturated rings. The number of benzene rings is 1. The Morgan fingerprint density at radius 3 is 2.64 bits per heavy atom. The number of rotatable bonds is 8. The SMILES string of the molecule is CCc1c(CCC=O)nc(Cl)nc1NCc1cccc(N2CC(O)C2)c1.CN1CCOCC1. The van der Waals surface area contributed by atoms with Crippen LogP contribution in [0.15, 0.2) is 24.3 Å². The molecule has 0 aliphatic carbocycles. The molecule has 0 amide bonds. The molecule has 2 aliphatic heterocycles. The molecule has 0 radical (unpaired) electrons. The van der Waals surface area contributed by atoms with E-state index in [0.717, 1.165) is 67.3 Å². The van der Waals surface area contributed by atoms with Gasteiger partial charge in [0.2, 0.25) is 5.28 Å². The fourth-order valence-electron chi connectivity index (χ4n) is 3.79. The Labute approximate surface area is 200 Å². The molecule has 2 aliphatic rings. The summed E-state index contributed by atoms with van der Waals surface area (Å²) < 4.78 is 5.10. The van der Waals surface area contributed by atoms with Gasteiger partial charge in [-0.3, -0.25) is 0 Å². The highest BCUT2D eigenvalue weighted by Crippen LogP contribution is 2.24. The predicted molar refractivity (Wildman–Crippen MR) is 131 cm³/mol. The summed E-state index contributed by atoms with van der Waals surface area (Å²) in [5.74, 6) is 0.721. The second-order valence-corrected chi connectivity index (χ2v) is 8.66. The molecule has 0 spiro atoms. The van der Waals surface area contributed by atoms with Gasteiger partial charge in [0.25, 0.3) is 0 Å². The summed E-state index contributed by atoms with van der Waals surface area (Å²) in [5, 5.41) is 13.0. The molecule has 0 atom stereocenters. The van der Waals surface area contributed by atoms with Gasteiger partial charge in [0.05, 0.1) is 25.0 Å². The molecule has 0 saturated carbocycles. The van der Waals surface area contributed by atoms with Crippen LogP contribution in [0.5, 0.6) is 0 Å². The largest absolute Gasteiger partial charge is 0.389 e. The number of hydrogen-bond acceptors (Lipinski definition) is 8. The minimum Gasteiger partial charge on any atom is -0.389 e. The minimum absolute atomic E-state index is 0.189. The second kappa shape index (κ2) is 12.8. The molecule has 2 saturated heterocycles. The summed E-state index contributed by atoms with van der Waals surface area (Å²) in [6.45, 7) is 8.03. The van der Waals surface area contributed by atoms with Gasteiger partial charge < -0.3 is 29.8 Å². The summed E-state index contributed by atoms with van der Waals surface area (Å²) in [4.78, 5) is 23.7. The summed E-state index contributed by atoms with van der Waals surface area (Å²) in [5.41, 5.74) is 4.05. The quantitative estimate of drug-likeness (QED) is 0.444. The fraction of sp³-hybridized carbons (Fsp3) is 0.542. The van der Waals surface area contributed by atoms with Crippen molar-refractivity contribution in [2.45, 2.75) is 38.8 Å². The first kappa shape index (κ1) is 25.4. The molecular weight excluding hydrogens is 442 g/mol. The van der Waals surface area contributed by atoms with Gasteiger partial charge in [-0.15, -0.1) is 0 Å². The lowest BCUT2D eigenvalue weighted by atomic mass is 10.1. The lowest BCUT2D eigenvalue weighted by Crippen LogP contribution is -2.50. The Morgan fingerprint density at radius 2 is 2.03 bits per heavy atom. The van der Waals surface area contributed by atoms with Gasteiger partial charge in [0, 0.05) is 50.4 Å². The Morgan fingerprint density at radius 1 is 1.27 bits per heavy atom. The van der Waals surface area contributed by atoms with Crippen LogP contribution in [0.25, 0.3) is 0 Å². The topological polar surface area (TPSA) is 90.8 Å². The van der Waals surface area contributed by atoms with Crippen molar-refractivity contribution in [3.05, 3.63) is 46.4 Å². The highest BCUT2D eigenvalue weighted by Gasteiger charge is 2.24. The summed E-state index contributed by atoms with van der Waals surface area (Å²) in [7, 11) is 2.11. The number of halogens is 1. The highest BCUT2D eigenvalue weighted by atomic mass is 35.5. The van der Waals surface area contributed by atoms with Crippen LogP contribution in [-0.4, -0.2) is 78.8 Å². The number of carbonyl (C=O) groups excluding carboxylic acids is 1. The standard InChI is InChI=1S/C19H23ClN4O2.C5H11NO/c1-2-16-17(7-4-8-25)22-19(20)23-18(16)21-10-13-5-3-6-14(9-13)24-11-15(26)12-24;1-6-2-4-7-5-3-6/h3,5-6,8-9,15,26H,2,4,7,10-12H2,1H3,(H,21,22,23);2-5H2,1H3. The van der Waals surface area contributed by atoms with Crippen molar-refractivity contribution in [3.63, 3.8) is 0 Å². The smallest absolute Gasteiger partial charge is 0.224 e. The number of anilines is 2. The Hall–Kier alpha value is -2.26. The third-order valence-electron chi connectivity index (χ3n) is 5.75. The third kappa shape index (κ3) is 7.64. The van der Waals surface area contributed by atoms with E-state index < -0.39 is 0 Å². The zero-order chi connectivity index (χ0) is 23.6. The van der Waals surface area contributed by atoms with Crippen molar-refractivity contribution >= 4 is 29.4 Å². The van der Waals surface area contributed by atoms with Crippen molar-refractivity contribution in [2.24, 2.45) is 0 Å². The molecule has 3 heterocycles. The first-order chi connectivity index (χ1) is 16.0. The van der Waals surface area contributed by atoms with Gasteiger partial charge in [0.15, 0.2) is 0 Å². The van der Waals surface area contributed by atoms with Gasteiger partial charge in [-0.1, -0.05) is 19.1 Å². The van der Waals surface area contributed by atoms with E-state index in [1.807, 2.05) is 19.1 Å². The second-order valence-electron chi connectivity index (χ2n) is 8.32. The molecule has 1 aromatic heterocycles. The summed E-state index contributed by atoms with van der Waals surface area (Å²) in [6, 6.07) is 8.22. The molecule has 33 heavy (non-hydrogen) atoms. The number of ether oxygens (including phenoxy) is 1. The maximum Gasteiger partial charge on any atom is 0.224 e. The molecule has 180 valence electrons. The van der Waals surface area contributed by atoms with Crippen LogP contribution < -0.4 is 10.2 Å². The van der Waals surface area contributed by atoms with Crippen molar-refractivity contribution in [2.75, 3.05) is 56.7 Å². The van der Waals surface area contributed by atoms with Gasteiger partial charge in [-0.2, -0.15) is 0 Å². The number of aromatic nitrogens is 2. The summed E-state index contributed by atoms with van der Waals surface area (Å²) >= 11 is 6.07. The first-order valence-electron chi connectivity index (χ1n) is 11.5. The maximum atomic E-state index is 10.7. The first-order valence-corrected chi connectivity index (χ1v) is 11.9. The number of aliphatic hydroxyl groups is 1. The van der Waals surface area contributed by atoms with E-state index in [-0.39, 0.29) is 11.4 Å². The lowest BCUT2D eigenvalue weighted by Gasteiger charge is -2.38. The number of hydrogen-bond donors (Lipinski definition) is 2. The molecule has 2 aromatic rings. The molecule has 2 N–H and O–H groups in total. The Balaban J connectivity index is 0.000000374. The van der Waals surface area contributed by atoms with Gasteiger partial charge in [0.1, 0.15) is 12.1 Å². The molecular formula is C24H34ClN5O3. The van der Waals surface area contributed by atoms with Gasteiger partial charge in [-0.25, -0.2) is 9.97 Å². The maximum absolute atomic E-state index is 10.7. The summed E-state index contributed by atoms with van der Waals surface area (Å²) in [6.07, 6.45) is 2.41. The third-order valence-corrected chi connectivity index (χ3v) is 5.92. The van der Waals surface area contributed by atoms with E-state index in [4.69, 9.17) is 16.3 Å².